The van der Waals surface area contributed by atoms with E-state index in [2.05, 4.69) is 3.79 Å². The lowest BCUT2D eigenvalue weighted by atomic mass is 10.9. The van der Waals surface area contributed by atoms with Crippen LogP contribution in [-0.4, -0.2) is 22.6 Å². The van der Waals surface area contributed by atoms with Crippen molar-refractivity contribution in [2.24, 2.45) is 0 Å². The van der Waals surface area contributed by atoms with Crippen molar-refractivity contribution in [2.45, 2.75) is 14.4 Å². The smallest absolute Gasteiger partial charge is 0.499 e. The molecule has 0 aromatic carbocycles. The average molecular weight is 104 g/mol. The van der Waals surface area contributed by atoms with E-state index in [1.165, 1.54) is 6.92 Å². The van der Waals surface area contributed by atoms with Gasteiger partial charge in [-0.25, -0.2) is 0 Å². The topological polar surface area (TPSA) is 26.3 Å². The molecule has 2 nitrogen and oxygen atoms in total. The van der Waals surface area contributed by atoms with Crippen molar-refractivity contribution in [1.82, 2.24) is 0 Å². The van der Waals surface area contributed by atoms with Crippen LogP contribution in [0.25, 0.3) is 0 Å². The van der Waals surface area contributed by atoms with Crippen LogP contribution in [0.2, 0.25) is 0 Å². The molecule has 0 saturated carbocycles. The normalized spacial score (nSPS) is 5.50. The van der Waals surface area contributed by atoms with Gasteiger partial charge in [0.2, 0.25) is 0 Å². The van der Waals surface area contributed by atoms with Crippen molar-refractivity contribution >= 4 is 22.6 Å². The molecule has 0 aliphatic carbocycles. The number of hydrogen-bond donors (Lipinski definition) is 0. The molecule has 0 amide bonds. The molecule has 0 saturated heterocycles. The zero-order chi connectivity index (χ0) is 4.28. The van der Waals surface area contributed by atoms with E-state index in [4.69, 9.17) is 0 Å². The standard InChI is InChI=1S/C2H4O2.CH4.Al.2H/c1-2(3)4;;;;/h1H3,(H,3,4);1H4;;;/q;;+1;;/p-1. The zero-order valence-electron chi connectivity index (χ0n) is 3.32. The molecule has 0 spiro atoms. The van der Waals surface area contributed by atoms with Gasteiger partial charge in [-0.3, -0.25) is 4.79 Å². The van der Waals surface area contributed by atoms with Crippen LogP contribution in [0.1, 0.15) is 14.4 Å². The largest absolute Gasteiger partial charge is 0.622 e. The molecule has 0 bridgehead atoms. The lowest BCUT2D eigenvalue weighted by Crippen LogP contribution is -1.90. The van der Waals surface area contributed by atoms with Crippen molar-refractivity contribution in [3.05, 3.63) is 0 Å². The number of hydrogen-bond acceptors (Lipinski definition) is 2. The van der Waals surface area contributed by atoms with Gasteiger partial charge in [0.25, 0.3) is 5.97 Å². The summed E-state index contributed by atoms with van der Waals surface area (Å²) in [6, 6.07) is 0. The van der Waals surface area contributed by atoms with E-state index in [0.29, 0.717) is 16.6 Å². The van der Waals surface area contributed by atoms with E-state index in [0.717, 1.165) is 0 Å². The Hall–Kier alpha value is 0.00247. The maximum atomic E-state index is 9.62. The van der Waals surface area contributed by atoms with Crippen LogP contribution in [0.4, 0.5) is 0 Å². The van der Waals surface area contributed by atoms with E-state index < -0.39 is 0 Å². The van der Waals surface area contributed by atoms with Gasteiger partial charge in [0.05, 0.1) is 0 Å². The lowest BCUT2D eigenvalue weighted by molar-refractivity contribution is -0.131. The molecule has 0 atom stereocenters. The fourth-order valence-corrected chi connectivity index (χ4v) is 0. The second kappa shape index (κ2) is 5.00. The molecule has 36 valence electrons. The molecule has 0 N–H and O–H groups in total. The van der Waals surface area contributed by atoms with Crippen LogP contribution in [-0.2, 0) is 8.58 Å². The summed E-state index contributed by atoms with van der Waals surface area (Å²) < 4.78 is 4.25. The predicted molar refractivity (Wildman–Crippen MR) is 27.0 cm³/mol. The van der Waals surface area contributed by atoms with Gasteiger partial charge in [0.1, 0.15) is 0 Å². The van der Waals surface area contributed by atoms with Gasteiger partial charge in [0.15, 0.2) is 0 Å². The second-order valence-corrected chi connectivity index (χ2v) is 1.10. The molecule has 0 unspecified atom stereocenters. The number of carbonyl (C=O) groups excluding carboxylic acids is 1. The Labute approximate surface area is 46.2 Å². The minimum Gasteiger partial charge on any atom is -0.622 e. The van der Waals surface area contributed by atoms with Crippen LogP contribution >= 0.6 is 0 Å². The fourth-order valence-electron chi connectivity index (χ4n) is 0. The second-order valence-electron chi connectivity index (χ2n) is 0.696. The summed E-state index contributed by atoms with van der Waals surface area (Å²) in [5.74, 6) is -0.184. The Kier molecular flexibility index (Phi) is 7.82. The molecule has 0 rings (SSSR count). The van der Waals surface area contributed by atoms with E-state index >= 15 is 0 Å². The Morgan fingerprint density at radius 3 is 2.00 bits per heavy atom. The minimum atomic E-state index is -0.184. The first-order chi connectivity index (χ1) is 2.27. The highest BCUT2D eigenvalue weighted by atomic mass is 27.1. The third kappa shape index (κ3) is 9.00. The molecule has 6 heavy (non-hydrogen) atoms. The monoisotopic (exact) mass is 104 g/mol. The summed E-state index contributed by atoms with van der Waals surface area (Å²) >= 11 is 0.524. The number of rotatable bonds is 0. The van der Waals surface area contributed by atoms with Gasteiger partial charge < -0.3 is 3.79 Å². The fraction of sp³-hybridized carbons (Fsp3) is 0.667. The lowest BCUT2D eigenvalue weighted by Gasteiger charge is -1.84. The Morgan fingerprint density at radius 2 is 2.00 bits per heavy atom. The summed E-state index contributed by atoms with van der Waals surface area (Å²) in [6.45, 7) is 1.40. The summed E-state index contributed by atoms with van der Waals surface area (Å²) in [6.07, 6.45) is 0. The van der Waals surface area contributed by atoms with E-state index in [1.54, 1.807) is 0 Å². The molecule has 0 aromatic heterocycles. The summed E-state index contributed by atoms with van der Waals surface area (Å²) in [5.41, 5.74) is 0. The molecular weight excluding hydrogens is 95.0 g/mol. The van der Waals surface area contributed by atoms with Crippen molar-refractivity contribution in [1.29, 1.82) is 0 Å². The summed E-state index contributed by atoms with van der Waals surface area (Å²) in [4.78, 5) is 9.62. The molecule has 0 heterocycles. The average Bonchev–Trinajstić information content (AvgIpc) is 1.38. The van der Waals surface area contributed by atoms with Gasteiger partial charge in [-0.15, -0.1) is 0 Å². The van der Waals surface area contributed by atoms with Gasteiger partial charge in [0, 0.05) is 6.92 Å². The van der Waals surface area contributed by atoms with Crippen LogP contribution < -0.4 is 0 Å². The third-order valence-electron chi connectivity index (χ3n) is 0.287. The third-order valence-corrected chi connectivity index (χ3v) is 0.862. The van der Waals surface area contributed by atoms with Crippen LogP contribution in [0, 0.1) is 0 Å². The van der Waals surface area contributed by atoms with Crippen molar-refractivity contribution in [2.75, 3.05) is 0 Å². The maximum Gasteiger partial charge on any atom is 0.499 e. The van der Waals surface area contributed by atoms with Crippen LogP contribution in [0.5, 0.6) is 0 Å². The first-order valence-electron chi connectivity index (χ1n) is 1.32. The minimum absolute atomic E-state index is 0. The molecule has 0 radical (unpaired) electrons. The number of carbonyl (C=O) groups is 1. The van der Waals surface area contributed by atoms with Gasteiger partial charge >= 0.3 is 16.6 Å². The summed E-state index contributed by atoms with van der Waals surface area (Å²) in [5, 5.41) is 0. The Bertz CT molecular complexity index is 44.1. The highest BCUT2D eigenvalue weighted by Crippen LogP contribution is 1.58. The molecule has 0 fully saturated rings. The highest BCUT2D eigenvalue weighted by molar-refractivity contribution is 6.04. The van der Waals surface area contributed by atoms with E-state index in [-0.39, 0.29) is 13.4 Å². The van der Waals surface area contributed by atoms with Gasteiger partial charge in [-0.05, 0) is 0 Å². The first kappa shape index (κ1) is 9.38. The van der Waals surface area contributed by atoms with Gasteiger partial charge in [-0.1, -0.05) is 7.43 Å². The molecule has 3 heteroatoms. The van der Waals surface area contributed by atoms with Crippen LogP contribution in [0.3, 0.4) is 0 Å². The molecule has 0 aromatic rings. The SMILES string of the molecule is C.CC(=O)[O][AlH2]. The Balaban J connectivity index is 0. The quantitative estimate of drug-likeness (QED) is 0.395. The molecular formula is C3H9AlO2. The zero-order valence-corrected chi connectivity index (χ0v) is 5.32. The maximum absolute atomic E-state index is 9.62. The predicted octanol–water partition coefficient (Wildman–Crippen LogP) is -0.266. The molecule has 0 aliphatic heterocycles. The Morgan fingerprint density at radius 1 is 1.83 bits per heavy atom. The van der Waals surface area contributed by atoms with Crippen LogP contribution in [0.15, 0.2) is 0 Å². The first-order valence-corrected chi connectivity index (χ1v) is 2.13. The van der Waals surface area contributed by atoms with Crippen molar-refractivity contribution in [3.8, 4) is 0 Å². The highest BCUT2D eigenvalue weighted by Gasteiger charge is 1.74. The summed E-state index contributed by atoms with van der Waals surface area (Å²) in [7, 11) is 0. The van der Waals surface area contributed by atoms with Crippen molar-refractivity contribution in [3.63, 3.8) is 0 Å². The van der Waals surface area contributed by atoms with E-state index in [1.807, 2.05) is 0 Å². The molecule has 0 aliphatic rings. The van der Waals surface area contributed by atoms with E-state index in [9.17, 15) is 4.79 Å². The van der Waals surface area contributed by atoms with Crippen molar-refractivity contribution < 1.29 is 8.58 Å². The van der Waals surface area contributed by atoms with Gasteiger partial charge in [-0.2, -0.15) is 0 Å².